The van der Waals surface area contributed by atoms with Crippen LogP contribution >= 0.6 is 0 Å². The first-order chi connectivity index (χ1) is 7.77. The van der Waals surface area contributed by atoms with E-state index in [9.17, 15) is 8.96 Å². The molecule has 0 atom stereocenters. The highest BCUT2D eigenvalue weighted by atomic mass is 19.4. The van der Waals surface area contributed by atoms with E-state index in [2.05, 4.69) is 10.6 Å². The number of hydrogen-bond acceptors (Lipinski definition) is 4. The minimum atomic E-state index is -0.775. The maximum absolute atomic E-state index is 11.6. The Balaban J connectivity index is 2.88. The van der Waals surface area contributed by atoms with Gasteiger partial charge in [0.1, 0.15) is 0 Å². The third kappa shape index (κ3) is 13.7. The van der Waals surface area contributed by atoms with Crippen LogP contribution in [0.1, 0.15) is 25.7 Å². The fourth-order valence-corrected chi connectivity index (χ4v) is 1.30. The average Bonchev–Trinajstić information content (AvgIpc) is 2.25. The first-order valence-corrected chi connectivity index (χ1v) is 5.98. The Morgan fingerprint density at radius 2 is 1.31 bits per heavy atom. The Bertz CT molecular complexity index is 136. The second kappa shape index (κ2) is 12.8. The Hall–Kier alpha value is -0.300. The van der Waals surface area contributed by atoms with Crippen LogP contribution in [0.15, 0.2) is 0 Å². The van der Waals surface area contributed by atoms with Crippen molar-refractivity contribution in [2.75, 3.05) is 39.3 Å². The molecule has 0 saturated heterocycles. The van der Waals surface area contributed by atoms with E-state index in [-0.39, 0.29) is 6.54 Å². The molecule has 0 aliphatic rings. The standard InChI is InChI=1S/C10H24F2N4/c11-16(12)10-4-9-15-7-2-1-6-14-8-3-5-13/h14-15H,1-10,13H2. The summed E-state index contributed by atoms with van der Waals surface area (Å²) in [5.74, 6) is 0. The molecule has 0 aliphatic heterocycles. The van der Waals surface area contributed by atoms with Gasteiger partial charge in [0.25, 0.3) is 0 Å². The van der Waals surface area contributed by atoms with Gasteiger partial charge in [0.15, 0.2) is 0 Å². The van der Waals surface area contributed by atoms with Gasteiger partial charge in [0, 0.05) is 5.34 Å². The summed E-state index contributed by atoms with van der Waals surface area (Å²) in [6, 6.07) is 0. The number of halogens is 2. The molecule has 0 saturated carbocycles. The monoisotopic (exact) mass is 238 g/mol. The summed E-state index contributed by atoms with van der Waals surface area (Å²) >= 11 is 0. The lowest BCUT2D eigenvalue weighted by molar-refractivity contribution is -0.152. The molecular formula is C10H24F2N4. The largest absolute Gasteiger partial charge is 0.330 e. The summed E-state index contributed by atoms with van der Waals surface area (Å²) < 4.78 is 23.2. The number of unbranched alkanes of at least 4 members (excludes halogenated alkanes) is 1. The molecule has 98 valence electrons. The third-order valence-corrected chi connectivity index (χ3v) is 2.20. The molecule has 0 bridgehead atoms. The second-order valence-electron chi connectivity index (χ2n) is 3.73. The summed E-state index contributed by atoms with van der Waals surface area (Å²) in [6.07, 6.45) is 3.68. The summed E-state index contributed by atoms with van der Waals surface area (Å²) in [7, 11) is 0. The van der Waals surface area contributed by atoms with Crippen molar-refractivity contribution in [1.82, 2.24) is 16.0 Å². The van der Waals surface area contributed by atoms with Gasteiger partial charge in [0.05, 0.1) is 6.54 Å². The summed E-state index contributed by atoms with van der Waals surface area (Å²) in [4.78, 5) is 0. The maximum atomic E-state index is 11.6. The molecule has 0 amide bonds. The lowest BCUT2D eigenvalue weighted by atomic mass is 10.3. The minimum absolute atomic E-state index is 0.159. The maximum Gasteiger partial charge on any atom is 0.0632 e. The zero-order chi connectivity index (χ0) is 12.1. The molecule has 0 aromatic carbocycles. The fourth-order valence-electron chi connectivity index (χ4n) is 1.30. The van der Waals surface area contributed by atoms with E-state index in [1.165, 1.54) is 0 Å². The lowest BCUT2D eigenvalue weighted by Crippen LogP contribution is -2.22. The van der Waals surface area contributed by atoms with Crippen molar-refractivity contribution >= 4 is 0 Å². The van der Waals surface area contributed by atoms with Crippen molar-refractivity contribution in [3.8, 4) is 0 Å². The zero-order valence-electron chi connectivity index (χ0n) is 9.85. The van der Waals surface area contributed by atoms with E-state index in [0.717, 1.165) is 45.4 Å². The van der Waals surface area contributed by atoms with Gasteiger partial charge in [-0.3, -0.25) is 0 Å². The third-order valence-electron chi connectivity index (χ3n) is 2.20. The molecular weight excluding hydrogens is 214 g/mol. The van der Waals surface area contributed by atoms with Gasteiger partial charge in [-0.05, 0) is 58.4 Å². The van der Waals surface area contributed by atoms with Crippen molar-refractivity contribution in [3.05, 3.63) is 0 Å². The van der Waals surface area contributed by atoms with Crippen LogP contribution in [0.5, 0.6) is 0 Å². The molecule has 0 rings (SSSR count). The van der Waals surface area contributed by atoms with Crippen molar-refractivity contribution in [2.45, 2.75) is 25.7 Å². The van der Waals surface area contributed by atoms with Crippen LogP contribution in [0.4, 0.5) is 8.96 Å². The Labute approximate surface area is 96.4 Å². The quantitative estimate of drug-likeness (QED) is 0.347. The van der Waals surface area contributed by atoms with Gasteiger partial charge in [0.2, 0.25) is 0 Å². The SMILES string of the molecule is NCCCNCCCCNCCCN(F)F. The summed E-state index contributed by atoms with van der Waals surface area (Å²) in [5.41, 5.74) is 5.35. The van der Waals surface area contributed by atoms with Crippen molar-refractivity contribution in [2.24, 2.45) is 5.73 Å². The highest BCUT2D eigenvalue weighted by molar-refractivity contribution is 4.52. The molecule has 0 aromatic heterocycles. The molecule has 4 nitrogen and oxygen atoms in total. The van der Waals surface area contributed by atoms with Gasteiger partial charge in [-0.15, -0.1) is 8.96 Å². The van der Waals surface area contributed by atoms with E-state index in [4.69, 9.17) is 5.73 Å². The number of hydrogen-bond donors (Lipinski definition) is 3. The Kier molecular flexibility index (Phi) is 12.5. The number of nitrogens with zero attached hydrogens (tertiary/aromatic N) is 1. The molecule has 0 unspecified atom stereocenters. The molecule has 0 heterocycles. The second-order valence-corrected chi connectivity index (χ2v) is 3.73. The zero-order valence-corrected chi connectivity index (χ0v) is 9.85. The first kappa shape index (κ1) is 15.7. The highest BCUT2D eigenvalue weighted by Gasteiger charge is 1.97. The normalized spacial score (nSPS) is 11.2. The van der Waals surface area contributed by atoms with Crippen LogP contribution in [0.3, 0.4) is 0 Å². The van der Waals surface area contributed by atoms with Crippen molar-refractivity contribution < 1.29 is 8.96 Å². The Morgan fingerprint density at radius 1 is 0.812 bits per heavy atom. The molecule has 6 heteroatoms. The van der Waals surface area contributed by atoms with Gasteiger partial charge < -0.3 is 16.4 Å². The molecule has 0 spiro atoms. The van der Waals surface area contributed by atoms with E-state index >= 15 is 0 Å². The van der Waals surface area contributed by atoms with Crippen LogP contribution in [-0.2, 0) is 0 Å². The molecule has 0 radical (unpaired) electrons. The van der Waals surface area contributed by atoms with Gasteiger partial charge in [-0.2, -0.15) is 0 Å². The molecule has 4 N–H and O–H groups in total. The molecule has 0 fully saturated rings. The van der Waals surface area contributed by atoms with Crippen molar-refractivity contribution in [3.63, 3.8) is 0 Å². The van der Waals surface area contributed by atoms with Crippen LogP contribution in [0.25, 0.3) is 0 Å². The van der Waals surface area contributed by atoms with Crippen LogP contribution in [-0.4, -0.2) is 44.6 Å². The molecule has 0 aromatic rings. The van der Waals surface area contributed by atoms with E-state index in [1.807, 2.05) is 0 Å². The predicted molar refractivity (Wildman–Crippen MR) is 62.2 cm³/mol. The van der Waals surface area contributed by atoms with Crippen molar-refractivity contribution in [1.29, 1.82) is 0 Å². The topological polar surface area (TPSA) is 53.3 Å². The van der Waals surface area contributed by atoms with E-state index in [0.29, 0.717) is 13.0 Å². The smallest absolute Gasteiger partial charge is 0.0632 e. The van der Waals surface area contributed by atoms with Gasteiger partial charge in [-0.25, -0.2) is 0 Å². The van der Waals surface area contributed by atoms with Crippen LogP contribution in [0.2, 0.25) is 0 Å². The molecule has 16 heavy (non-hydrogen) atoms. The summed E-state index contributed by atoms with van der Waals surface area (Å²) in [5, 5.41) is 5.65. The van der Waals surface area contributed by atoms with Crippen LogP contribution in [0, 0.1) is 0 Å². The molecule has 0 aliphatic carbocycles. The first-order valence-electron chi connectivity index (χ1n) is 5.98. The van der Waals surface area contributed by atoms with Crippen LogP contribution < -0.4 is 16.4 Å². The minimum Gasteiger partial charge on any atom is -0.330 e. The van der Waals surface area contributed by atoms with Gasteiger partial charge in [-0.1, -0.05) is 0 Å². The number of rotatable bonds is 12. The van der Waals surface area contributed by atoms with E-state index in [1.54, 1.807) is 0 Å². The average molecular weight is 238 g/mol. The Morgan fingerprint density at radius 3 is 1.81 bits per heavy atom. The number of nitrogens with two attached hydrogens (primary N) is 1. The lowest BCUT2D eigenvalue weighted by Gasteiger charge is -2.05. The summed E-state index contributed by atoms with van der Waals surface area (Å²) in [6.45, 7) is 4.11. The highest BCUT2D eigenvalue weighted by Crippen LogP contribution is 1.91. The fraction of sp³-hybridized carbons (Fsp3) is 1.00. The van der Waals surface area contributed by atoms with E-state index < -0.39 is 5.34 Å². The number of nitrogens with one attached hydrogen (secondary N) is 2. The van der Waals surface area contributed by atoms with Gasteiger partial charge >= 0.3 is 0 Å². The predicted octanol–water partition coefficient (Wildman–Crippen LogP) is 0.756.